The molecule has 0 atom stereocenters. The summed E-state index contributed by atoms with van der Waals surface area (Å²) in [6.45, 7) is 23.2. The average Bonchev–Trinajstić information content (AvgIpc) is 3.89. The summed E-state index contributed by atoms with van der Waals surface area (Å²) in [7, 11) is 0. The molecule has 6 nitrogen and oxygen atoms in total. The van der Waals surface area contributed by atoms with Crippen molar-refractivity contribution in [1.29, 1.82) is 0 Å². The van der Waals surface area contributed by atoms with Gasteiger partial charge in [-0.2, -0.15) is 12.1 Å². The Hall–Kier alpha value is -6.10. The van der Waals surface area contributed by atoms with Crippen LogP contribution in [-0.4, -0.2) is 9.55 Å². The molecule has 0 fully saturated rings. The van der Waals surface area contributed by atoms with Crippen LogP contribution in [0.15, 0.2) is 134 Å². The van der Waals surface area contributed by atoms with Crippen LogP contribution in [0.2, 0.25) is 0 Å². The first-order valence-electron chi connectivity index (χ1n) is 22.1. The minimum atomic E-state index is -0.220. The molecule has 4 aliphatic rings. The van der Waals surface area contributed by atoms with E-state index in [0.717, 1.165) is 39.0 Å². The van der Waals surface area contributed by atoms with Crippen molar-refractivity contribution >= 4 is 50.2 Å². The number of anilines is 5. The summed E-state index contributed by atoms with van der Waals surface area (Å²) < 4.78 is 8.77. The summed E-state index contributed by atoms with van der Waals surface area (Å²) in [5.41, 5.74) is 17.0. The van der Waals surface area contributed by atoms with E-state index in [1.807, 2.05) is 24.4 Å². The van der Waals surface area contributed by atoms with Crippen molar-refractivity contribution in [2.45, 2.75) is 84.0 Å². The van der Waals surface area contributed by atoms with E-state index >= 15 is 0 Å². The number of nitrogens with zero attached hydrogens (tertiary/aromatic N) is 5. The van der Waals surface area contributed by atoms with Gasteiger partial charge in [0.1, 0.15) is 5.82 Å². The SMILES string of the molecule is CC(C)(C)c1ccnc(-n2c3[c-]c(Oc4[c-]c(N5C=CN(c6cc7c8c(c6)C(C)(C)c6cccc9c6N8c6c(cccc6C7(C)C)C9(C)C)[CH-]5)ccc4)ccc3c3ccccc32)c1.[Pt]. The Kier molecular flexibility index (Phi) is 8.71. The van der Waals surface area contributed by atoms with Gasteiger partial charge in [-0.1, -0.05) is 122 Å². The fourth-order valence-corrected chi connectivity index (χ4v) is 10.9. The zero-order valence-electron chi connectivity index (χ0n) is 37.7. The molecule has 6 heterocycles. The quantitative estimate of drug-likeness (QED) is 0.161. The number of pyridine rings is 1. The second kappa shape index (κ2) is 13.7. The maximum absolute atomic E-state index is 6.57. The van der Waals surface area contributed by atoms with Crippen LogP contribution in [0, 0.1) is 18.8 Å². The Morgan fingerprint density at radius 3 is 1.81 bits per heavy atom. The van der Waals surface area contributed by atoms with Gasteiger partial charge in [0.2, 0.25) is 0 Å². The largest absolute Gasteiger partial charge is 0.509 e. The Morgan fingerprint density at radius 1 is 0.578 bits per heavy atom. The molecule has 12 rings (SSSR count). The third-order valence-corrected chi connectivity index (χ3v) is 14.5. The monoisotopic (exact) mass is 1020 g/mol. The molecule has 6 aromatic carbocycles. The number of hydrogen-bond donors (Lipinski definition) is 0. The van der Waals surface area contributed by atoms with Crippen LogP contribution >= 0.6 is 0 Å². The van der Waals surface area contributed by atoms with Gasteiger partial charge in [-0.25, -0.2) is 4.98 Å². The van der Waals surface area contributed by atoms with Gasteiger partial charge in [0.15, 0.2) is 0 Å². The molecule has 0 saturated heterocycles. The zero-order chi connectivity index (χ0) is 43.4. The minimum Gasteiger partial charge on any atom is -0.509 e. The first-order chi connectivity index (χ1) is 30.1. The van der Waals surface area contributed by atoms with Gasteiger partial charge in [-0.3, -0.25) is 0 Å². The molecule has 0 radical (unpaired) electrons. The Bertz CT molecular complexity index is 3200. The summed E-state index contributed by atoms with van der Waals surface area (Å²) in [5, 5.41) is 2.25. The van der Waals surface area contributed by atoms with Crippen LogP contribution in [-0.2, 0) is 42.7 Å². The van der Waals surface area contributed by atoms with Gasteiger partial charge < -0.3 is 24.0 Å². The van der Waals surface area contributed by atoms with E-state index in [-0.39, 0.29) is 42.7 Å². The van der Waals surface area contributed by atoms with Crippen LogP contribution in [0.3, 0.4) is 0 Å². The van der Waals surface area contributed by atoms with Crippen molar-refractivity contribution in [1.82, 2.24) is 9.55 Å². The molecular formula is C57H50N5OPt-3. The van der Waals surface area contributed by atoms with E-state index in [4.69, 9.17) is 9.72 Å². The van der Waals surface area contributed by atoms with Crippen LogP contribution in [0.1, 0.15) is 101 Å². The number of para-hydroxylation sites is 3. The van der Waals surface area contributed by atoms with Crippen molar-refractivity contribution in [2.24, 2.45) is 0 Å². The topological polar surface area (TPSA) is 36.8 Å². The van der Waals surface area contributed by atoms with Crippen molar-refractivity contribution < 1.29 is 25.8 Å². The molecular weight excluding hydrogens is 966 g/mol. The Labute approximate surface area is 391 Å². The van der Waals surface area contributed by atoms with Crippen molar-refractivity contribution in [3.8, 4) is 17.3 Å². The standard InChI is InChI=1S/C57H50N5O.Pt/c1-54(2,3)35-25-26-58-50(29-35)61-48-22-11-10-17-40(48)41-24-23-39(33-49(41)61)63-38-16-12-15-36(30-38)59-27-28-60(34-59)37-31-46-53-47(32-37)57(8,9)45-21-14-19-43-52(45)62(53)51-42(55(43,4)5)18-13-20-44(51)56(46,6)7;/h10-29,31-32,34H,1-9H3;/q-3;. The van der Waals surface area contributed by atoms with Gasteiger partial charge in [0, 0.05) is 66.2 Å². The van der Waals surface area contributed by atoms with Crippen LogP contribution in [0.25, 0.3) is 27.6 Å². The van der Waals surface area contributed by atoms with Crippen LogP contribution in [0.5, 0.6) is 11.5 Å². The zero-order valence-corrected chi connectivity index (χ0v) is 40.0. The van der Waals surface area contributed by atoms with E-state index in [9.17, 15) is 0 Å². The number of ether oxygens (including phenoxy) is 1. The number of hydrogen-bond acceptors (Lipinski definition) is 5. The molecule has 0 bridgehead atoms. The maximum atomic E-state index is 6.57. The molecule has 0 saturated carbocycles. The molecule has 2 aromatic heterocycles. The molecule has 322 valence electrons. The van der Waals surface area contributed by atoms with E-state index in [2.05, 4.69) is 210 Å². The number of rotatable bonds is 5. The van der Waals surface area contributed by atoms with Crippen LogP contribution < -0.4 is 19.4 Å². The van der Waals surface area contributed by atoms with Crippen molar-refractivity contribution in [3.05, 3.63) is 192 Å². The number of fused-ring (bicyclic) bond motifs is 3. The van der Waals surface area contributed by atoms with E-state index in [1.54, 1.807) is 0 Å². The predicted molar refractivity (Wildman–Crippen MR) is 257 cm³/mol. The fraction of sp³-hybridized carbons (Fsp3) is 0.228. The molecule has 7 heteroatoms. The fourth-order valence-electron chi connectivity index (χ4n) is 10.9. The summed E-state index contributed by atoms with van der Waals surface area (Å²) in [4.78, 5) is 11.8. The molecule has 0 amide bonds. The van der Waals surface area contributed by atoms with Gasteiger partial charge in [0.25, 0.3) is 0 Å². The number of aromatic nitrogens is 2. The van der Waals surface area contributed by atoms with Gasteiger partial charge in [-0.05, 0) is 92.5 Å². The molecule has 0 spiro atoms. The second-order valence-corrected chi connectivity index (χ2v) is 20.3. The summed E-state index contributed by atoms with van der Waals surface area (Å²) in [6.07, 6.45) is 6.15. The third-order valence-electron chi connectivity index (χ3n) is 14.5. The summed E-state index contributed by atoms with van der Waals surface area (Å²) in [6, 6.07) is 48.9. The second-order valence-electron chi connectivity index (χ2n) is 20.3. The van der Waals surface area contributed by atoms with Crippen molar-refractivity contribution in [3.63, 3.8) is 0 Å². The third kappa shape index (κ3) is 5.64. The first kappa shape index (κ1) is 40.7. The molecule has 0 unspecified atom stereocenters. The Balaban J connectivity index is 0.00000456. The normalized spacial score (nSPS) is 16.9. The average molecular weight is 1020 g/mol. The molecule has 0 aliphatic carbocycles. The van der Waals surface area contributed by atoms with Crippen LogP contribution in [0.4, 0.5) is 28.4 Å². The first-order valence-corrected chi connectivity index (χ1v) is 22.1. The van der Waals surface area contributed by atoms with Gasteiger partial charge in [-0.15, -0.1) is 48.1 Å². The van der Waals surface area contributed by atoms with Gasteiger partial charge in [0.05, 0.1) is 17.1 Å². The summed E-state index contributed by atoms with van der Waals surface area (Å²) >= 11 is 0. The molecule has 8 aromatic rings. The van der Waals surface area contributed by atoms with E-state index in [1.165, 1.54) is 56.0 Å². The maximum Gasteiger partial charge on any atom is 0.135 e. The molecule has 0 N–H and O–H groups in total. The van der Waals surface area contributed by atoms with E-state index in [0.29, 0.717) is 11.5 Å². The molecule has 64 heavy (non-hydrogen) atoms. The van der Waals surface area contributed by atoms with E-state index < -0.39 is 0 Å². The minimum absolute atomic E-state index is 0. The Morgan fingerprint density at radius 2 is 1.16 bits per heavy atom. The summed E-state index contributed by atoms with van der Waals surface area (Å²) in [5.74, 6) is 2.09. The predicted octanol–water partition coefficient (Wildman–Crippen LogP) is 14.2. The van der Waals surface area contributed by atoms with Gasteiger partial charge >= 0.3 is 0 Å². The van der Waals surface area contributed by atoms with Crippen molar-refractivity contribution in [2.75, 3.05) is 14.7 Å². The number of benzene rings is 6. The smallest absolute Gasteiger partial charge is 0.135 e. The molecule has 4 aliphatic heterocycles.